The first kappa shape index (κ1) is 24.3. The molecule has 1 N–H and O–H groups in total. The second-order valence-electron chi connectivity index (χ2n) is 8.28. The van der Waals surface area contributed by atoms with Crippen LogP contribution in [0.3, 0.4) is 0 Å². The highest BCUT2D eigenvalue weighted by Gasteiger charge is 2.35. The topological polar surface area (TPSA) is 77.2 Å². The lowest BCUT2D eigenvalue weighted by Gasteiger charge is -2.03. The number of aromatic amines is 1. The average Bonchev–Trinajstić information content (AvgIpc) is 3.57. The van der Waals surface area contributed by atoms with Crippen molar-refractivity contribution in [3.05, 3.63) is 72.3 Å². The first-order valence-corrected chi connectivity index (χ1v) is 10.8. The van der Waals surface area contributed by atoms with E-state index in [9.17, 15) is 26.3 Å². The van der Waals surface area contributed by atoms with Crippen LogP contribution in [0.15, 0.2) is 60.9 Å². The molecule has 0 unspecified atom stereocenters. The summed E-state index contributed by atoms with van der Waals surface area (Å²) in [5, 5.41) is 7.02. The number of hydrogen-bond acceptors (Lipinski definition) is 4. The Hall–Kier alpha value is -4.42. The Labute approximate surface area is 205 Å². The van der Waals surface area contributed by atoms with Crippen molar-refractivity contribution in [2.24, 2.45) is 14.1 Å². The third kappa shape index (κ3) is 4.71. The van der Waals surface area contributed by atoms with Crippen molar-refractivity contribution in [2.75, 3.05) is 0 Å². The molecule has 5 rings (SSSR count). The molecule has 3 heterocycles. The van der Waals surface area contributed by atoms with Crippen LogP contribution in [0.1, 0.15) is 11.4 Å². The molecule has 37 heavy (non-hydrogen) atoms. The van der Waals surface area contributed by atoms with E-state index in [2.05, 4.69) is 25.1 Å². The Bertz CT molecular complexity index is 1440. The number of aromatic nitrogens is 7. The summed E-state index contributed by atoms with van der Waals surface area (Å²) in [7, 11) is 2.98. The van der Waals surface area contributed by atoms with Gasteiger partial charge in [-0.2, -0.15) is 31.4 Å². The molecule has 5 aromatic rings. The van der Waals surface area contributed by atoms with Crippen molar-refractivity contribution in [2.45, 2.75) is 12.4 Å². The molecule has 0 fully saturated rings. The first-order chi connectivity index (χ1) is 17.4. The molecule has 0 saturated carbocycles. The van der Waals surface area contributed by atoms with Crippen LogP contribution in [-0.4, -0.2) is 34.3 Å². The zero-order valence-electron chi connectivity index (χ0n) is 19.2. The standard InChI is InChI=1S/C24H17F6N7/c1-36-11-17(23(25,26)27)31-21(36)15-7-3-13(4-8-15)19-33-20(35-34-19)14-5-9-16(10-6-14)22-32-18(12-37(22)2)24(28,29)30/h3-12H,1-2H3,(H,33,34,35). The van der Waals surface area contributed by atoms with Gasteiger partial charge in [-0.15, -0.1) is 0 Å². The van der Waals surface area contributed by atoms with Crippen LogP contribution in [0.25, 0.3) is 45.6 Å². The minimum Gasteiger partial charge on any atom is -0.333 e. The molecular weight excluding hydrogens is 500 g/mol. The largest absolute Gasteiger partial charge is 0.434 e. The number of imidazole rings is 2. The van der Waals surface area contributed by atoms with E-state index >= 15 is 0 Å². The summed E-state index contributed by atoms with van der Waals surface area (Å²) in [5.74, 6) is 1.14. The number of halogens is 6. The summed E-state index contributed by atoms with van der Waals surface area (Å²) in [4.78, 5) is 11.8. The van der Waals surface area contributed by atoms with Crippen molar-refractivity contribution in [1.29, 1.82) is 0 Å². The lowest BCUT2D eigenvalue weighted by atomic mass is 10.1. The Kier molecular flexibility index (Phi) is 5.65. The van der Waals surface area contributed by atoms with E-state index in [1.54, 1.807) is 48.5 Å². The summed E-state index contributed by atoms with van der Waals surface area (Å²) < 4.78 is 80.3. The monoisotopic (exact) mass is 517 g/mol. The van der Waals surface area contributed by atoms with Crippen LogP contribution in [0.2, 0.25) is 0 Å². The third-order valence-corrected chi connectivity index (χ3v) is 5.64. The zero-order valence-corrected chi connectivity index (χ0v) is 19.2. The van der Waals surface area contributed by atoms with E-state index in [1.807, 2.05) is 0 Å². The van der Waals surface area contributed by atoms with Crippen molar-refractivity contribution in [3.63, 3.8) is 0 Å². The smallest absolute Gasteiger partial charge is 0.333 e. The maximum absolute atomic E-state index is 13.0. The minimum atomic E-state index is -4.53. The fourth-order valence-corrected chi connectivity index (χ4v) is 3.81. The predicted octanol–water partition coefficient (Wildman–Crippen LogP) is 5.98. The van der Waals surface area contributed by atoms with Crippen LogP contribution >= 0.6 is 0 Å². The number of aryl methyl sites for hydroxylation is 2. The lowest BCUT2D eigenvalue weighted by Crippen LogP contribution is -2.04. The molecule has 0 aliphatic carbocycles. The highest BCUT2D eigenvalue weighted by atomic mass is 19.4. The van der Waals surface area contributed by atoms with Gasteiger partial charge in [-0.1, -0.05) is 48.5 Å². The predicted molar refractivity (Wildman–Crippen MR) is 122 cm³/mol. The fraction of sp³-hybridized carbons (Fsp3) is 0.167. The number of hydrogen-bond donors (Lipinski definition) is 1. The summed E-state index contributed by atoms with van der Waals surface area (Å²) in [6.45, 7) is 0. The van der Waals surface area contributed by atoms with Crippen molar-refractivity contribution in [3.8, 4) is 45.6 Å². The van der Waals surface area contributed by atoms with E-state index in [1.165, 1.54) is 23.2 Å². The van der Waals surface area contributed by atoms with Crippen LogP contribution in [-0.2, 0) is 26.4 Å². The van der Waals surface area contributed by atoms with Gasteiger partial charge in [0.1, 0.15) is 11.6 Å². The van der Waals surface area contributed by atoms with E-state index in [0.717, 1.165) is 12.4 Å². The number of nitrogens with one attached hydrogen (secondary N) is 1. The van der Waals surface area contributed by atoms with Crippen LogP contribution in [0.4, 0.5) is 26.3 Å². The second kappa shape index (κ2) is 8.61. The molecule has 190 valence electrons. The molecule has 13 heteroatoms. The van der Waals surface area contributed by atoms with Gasteiger partial charge in [-0.25, -0.2) is 15.0 Å². The molecule has 0 aliphatic rings. The Morgan fingerprint density at radius 1 is 0.595 bits per heavy atom. The molecule has 0 aliphatic heterocycles. The van der Waals surface area contributed by atoms with Crippen molar-refractivity contribution < 1.29 is 26.3 Å². The fourth-order valence-electron chi connectivity index (χ4n) is 3.81. The van der Waals surface area contributed by atoms with Crippen LogP contribution in [0.5, 0.6) is 0 Å². The quantitative estimate of drug-likeness (QED) is 0.298. The van der Waals surface area contributed by atoms with E-state index in [4.69, 9.17) is 0 Å². The zero-order chi connectivity index (χ0) is 26.5. The molecule has 3 aromatic heterocycles. The molecule has 0 saturated heterocycles. The van der Waals surface area contributed by atoms with Gasteiger partial charge in [0, 0.05) is 48.7 Å². The van der Waals surface area contributed by atoms with E-state index < -0.39 is 23.7 Å². The van der Waals surface area contributed by atoms with Gasteiger partial charge in [-0.05, 0) is 0 Å². The molecule has 0 amide bonds. The maximum atomic E-state index is 13.0. The van der Waals surface area contributed by atoms with Gasteiger partial charge in [0.15, 0.2) is 23.0 Å². The number of H-pyrrole nitrogens is 1. The summed E-state index contributed by atoms with van der Waals surface area (Å²) in [5.41, 5.74) is 0.333. The highest BCUT2D eigenvalue weighted by Crippen LogP contribution is 2.32. The Morgan fingerprint density at radius 3 is 1.41 bits per heavy atom. The highest BCUT2D eigenvalue weighted by molar-refractivity contribution is 5.67. The molecule has 7 nitrogen and oxygen atoms in total. The van der Waals surface area contributed by atoms with Crippen LogP contribution < -0.4 is 0 Å². The van der Waals surface area contributed by atoms with Crippen molar-refractivity contribution in [1.82, 2.24) is 34.3 Å². The molecule has 0 atom stereocenters. The van der Waals surface area contributed by atoms with Gasteiger partial charge in [0.2, 0.25) is 0 Å². The van der Waals surface area contributed by atoms with Gasteiger partial charge < -0.3 is 9.13 Å². The van der Waals surface area contributed by atoms with Gasteiger partial charge >= 0.3 is 12.4 Å². The van der Waals surface area contributed by atoms with E-state index in [0.29, 0.717) is 33.9 Å². The Balaban J connectivity index is 1.36. The SMILES string of the molecule is Cn1cc(C(F)(F)F)nc1-c1ccc(-c2n[nH]c(-c3ccc(-c4nc(C(F)(F)F)cn4C)cc3)n2)cc1. The summed E-state index contributed by atoms with van der Waals surface area (Å²) >= 11 is 0. The summed E-state index contributed by atoms with van der Waals surface area (Å²) in [6.07, 6.45) is -7.21. The molecule has 0 radical (unpaired) electrons. The molecule has 2 aromatic carbocycles. The number of nitrogens with zero attached hydrogens (tertiary/aromatic N) is 6. The lowest BCUT2D eigenvalue weighted by molar-refractivity contribution is -0.141. The number of alkyl halides is 6. The molecular formula is C24H17F6N7. The Morgan fingerprint density at radius 2 is 1.00 bits per heavy atom. The second-order valence-corrected chi connectivity index (χ2v) is 8.28. The van der Waals surface area contributed by atoms with Crippen LogP contribution in [0, 0.1) is 0 Å². The normalized spacial score (nSPS) is 12.3. The van der Waals surface area contributed by atoms with Gasteiger partial charge in [-0.3, -0.25) is 5.10 Å². The molecule has 0 bridgehead atoms. The van der Waals surface area contributed by atoms with Crippen molar-refractivity contribution >= 4 is 0 Å². The third-order valence-electron chi connectivity index (χ3n) is 5.64. The molecule has 0 spiro atoms. The van der Waals surface area contributed by atoms with Gasteiger partial charge in [0.25, 0.3) is 0 Å². The average molecular weight is 517 g/mol. The van der Waals surface area contributed by atoms with E-state index in [-0.39, 0.29) is 11.6 Å². The van der Waals surface area contributed by atoms with Gasteiger partial charge in [0.05, 0.1) is 0 Å². The minimum absolute atomic E-state index is 0.171. The number of rotatable bonds is 4. The maximum Gasteiger partial charge on any atom is 0.434 e. The number of benzene rings is 2. The summed E-state index contributed by atoms with van der Waals surface area (Å²) in [6, 6.07) is 13.2. The first-order valence-electron chi connectivity index (χ1n) is 10.8.